The summed E-state index contributed by atoms with van der Waals surface area (Å²) >= 11 is 0. The molecule has 20 heavy (non-hydrogen) atoms. The normalized spacial score (nSPS) is 20.9. The molecular formula is C13H24N5O2+. The Morgan fingerprint density at radius 1 is 1.30 bits per heavy atom. The molecule has 0 unspecified atom stereocenters. The SMILES string of the molecule is C[N+]1(CCNc2c(N)c(=O)n3n2CCC3)CCOCC1. The van der Waals surface area contributed by atoms with Crippen molar-refractivity contribution in [2.24, 2.45) is 0 Å². The van der Waals surface area contributed by atoms with Crippen molar-refractivity contribution < 1.29 is 9.22 Å². The van der Waals surface area contributed by atoms with Crippen LogP contribution in [0.5, 0.6) is 0 Å². The molecule has 1 fully saturated rings. The molecule has 0 atom stereocenters. The van der Waals surface area contributed by atoms with Gasteiger partial charge in [0.2, 0.25) is 0 Å². The van der Waals surface area contributed by atoms with E-state index < -0.39 is 0 Å². The maximum absolute atomic E-state index is 12.0. The molecular weight excluding hydrogens is 258 g/mol. The summed E-state index contributed by atoms with van der Waals surface area (Å²) in [7, 11) is 2.25. The van der Waals surface area contributed by atoms with Gasteiger partial charge >= 0.3 is 0 Å². The van der Waals surface area contributed by atoms with Crippen LogP contribution < -0.4 is 16.6 Å². The standard InChI is InChI=1S/C13H23N5O2/c1-18(7-9-20-10-8-18)6-3-15-12-11(14)13(19)17-5-2-4-16(12)17/h2-10,14H2,1H3/p+1. The molecule has 1 saturated heterocycles. The van der Waals surface area contributed by atoms with Crippen molar-refractivity contribution in [2.45, 2.75) is 19.5 Å². The summed E-state index contributed by atoms with van der Waals surface area (Å²) in [6.45, 7) is 7.24. The number of quaternary nitrogens is 1. The first-order chi connectivity index (χ1) is 9.61. The lowest BCUT2D eigenvalue weighted by Gasteiger charge is -2.37. The first-order valence-electron chi connectivity index (χ1n) is 7.35. The molecule has 3 heterocycles. The van der Waals surface area contributed by atoms with E-state index in [1.807, 2.05) is 4.68 Å². The first-order valence-corrected chi connectivity index (χ1v) is 7.35. The van der Waals surface area contributed by atoms with Crippen LogP contribution in [0.1, 0.15) is 6.42 Å². The van der Waals surface area contributed by atoms with Crippen molar-refractivity contribution in [3.63, 3.8) is 0 Å². The molecule has 0 bridgehead atoms. The maximum atomic E-state index is 12.0. The van der Waals surface area contributed by atoms with Gasteiger partial charge in [0.05, 0.1) is 33.4 Å². The van der Waals surface area contributed by atoms with E-state index in [1.54, 1.807) is 4.68 Å². The number of anilines is 2. The third-order valence-electron chi connectivity index (χ3n) is 4.50. The van der Waals surface area contributed by atoms with Gasteiger partial charge in [0.15, 0.2) is 5.82 Å². The van der Waals surface area contributed by atoms with E-state index in [0.717, 1.165) is 69.2 Å². The minimum atomic E-state index is -0.0585. The Kier molecular flexibility index (Phi) is 3.47. The summed E-state index contributed by atoms with van der Waals surface area (Å²) in [4.78, 5) is 12.0. The highest BCUT2D eigenvalue weighted by Crippen LogP contribution is 2.20. The van der Waals surface area contributed by atoms with E-state index >= 15 is 0 Å². The van der Waals surface area contributed by atoms with E-state index in [0.29, 0.717) is 5.69 Å². The van der Waals surface area contributed by atoms with Crippen molar-refractivity contribution in [3.05, 3.63) is 10.4 Å². The number of nitrogens with zero attached hydrogens (tertiary/aromatic N) is 3. The highest BCUT2D eigenvalue weighted by molar-refractivity contribution is 5.61. The van der Waals surface area contributed by atoms with E-state index in [1.165, 1.54) is 0 Å². The lowest BCUT2D eigenvalue weighted by Crippen LogP contribution is -2.53. The van der Waals surface area contributed by atoms with Gasteiger partial charge in [-0.05, 0) is 6.42 Å². The molecule has 0 aromatic carbocycles. The largest absolute Gasteiger partial charge is 0.391 e. The number of morpholine rings is 1. The number of hydrogen-bond acceptors (Lipinski definition) is 4. The Bertz CT molecular complexity index is 542. The fraction of sp³-hybridized carbons (Fsp3) is 0.769. The first kappa shape index (κ1) is 13.5. The molecule has 7 heteroatoms. The summed E-state index contributed by atoms with van der Waals surface area (Å²) in [5, 5.41) is 3.37. The van der Waals surface area contributed by atoms with Crippen molar-refractivity contribution in [1.29, 1.82) is 0 Å². The molecule has 1 aromatic heterocycles. The van der Waals surface area contributed by atoms with Crippen molar-refractivity contribution in [1.82, 2.24) is 9.36 Å². The molecule has 0 radical (unpaired) electrons. The lowest BCUT2D eigenvalue weighted by molar-refractivity contribution is -0.915. The van der Waals surface area contributed by atoms with Gasteiger partial charge in [-0.1, -0.05) is 0 Å². The molecule has 0 amide bonds. The molecule has 3 rings (SSSR count). The Morgan fingerprint density at radius 3 is 2.75 bits per heavy atom. The Labute approximate surface area is 118 Å². The summed E-state index contributed by atoms with van der Waals surface area (Å²) in [6.07, 6.45) is 1.01. The number of nitrogens with two attached hydrogens (primary N) is 1. The second-order valence-corrected chi connectivity index (χ2v) is 6.00. The molecule has 2 aliphatic heterocycles. The van der Waals surface area contributed by atoms with Crippen LogP contribution in [0.15, 0.2) is 4.79 Å². The van der Waals surface area contributed by atoms with Crippen LogP contribution >= 0.6 is 0 Å². The van der Waals surface area contributed by atoms with Crippen LogP contribution in [0.3, 0.4) is 0 Å². The summed E-state index contributed by atoms with van der Waals surface area (Å²) in [5.74, 6) is 0.798. The number of nitrogens with one attached hydrogen (secondary N) is 1. The number of ether oxygens (including phenoxy) is 1. The van der Waals surface area contributed by atoms with E-state index in [9.17, 15) is 4.79 Å². The Morgan fingerprint density at radius 2 is 2.00 bits per heavy atom. The summed E-state index contributed by atoms with van der Waals surface area (Å²) in [5.41, 5.74) is 6.22. The van der Waals surface area contributed by atoms with E-state index in [-0.39, 0.29) is 5.56 Å². The Balaban J connectivity index is 1.64. The van der Waals surface area contributed by atoms with Gasteiger partial charge in [0, 0.05) is 13.1 Å². The van der Waals surface area contributed by atoms with Crippen molar-refractivity contribution >= 4 is 11.5 Å². The van der Waals surface area contributed by atoms with Crippen molar-refractivity contribution in [2.75, 3.05) is 57.5 Å². The molecule has 0 saturated carbocycles. The lowest BCUT2D eigenvalue weighted by atomic mass is 10.3. The number of hydrogen-bond donors (Lipinski definition) is 2. The van der Waals surface area contributed by atoms with Gasteiger partial charge in [0.25, 0.3) is 5.56 Å². The van der Waals surface area contributed by atoms with Crippen LogP contribution in [0.4, 0.5) is 11.5 Å². The maximum Gasteiger partial charge on any atom is 0.292 e. The quantitative estimate of drug-likeness (QED) is 0.732. The minimum Gasteiger partial charge on any atom is -0.391 e. The van der Waals surface area contributed by atoms with Crippen LogP contribution in [0, 0.1) is 0 Å². The predicted molar refractivity (Wildman–Crippen MR) is 77.8 cm³/mol. The van der Waals surface area contributed by atoms with Gasteiger partial charge in [-0.15, -0.1) is 0 Å². The number of fused-ring (bicyclic) bond motifs is 1. The molecule has 0 spiro atoms. The monoisotopic (exact) mass is 282 g/mol. The average molecular weight is 282 g/mol. The van der Waals surface area contributed by atoms with Crippen LogP contribution in [0.2, 0.25) is 0 Å². The zero-order chi connectivity index (χ0) is 14.2. The van der Waals surface area contributed by atoms with Crippen molar-refractivity contribution in [3.8, 4) is 0 Å². The molecule has 1 aromatic rings. The molecule has 0 aliphatic carbocycles. The minimum absolute atomic E-state index is 0.0585. The van der Waals surface area contributed by atoms with E-state index in [4.69, 9.17) is 10.5 Å². The van der Waals surface area contributed by atoms with Crippen LogP contribution in [0.25, 0.3) is 0 Å². The number of aromatic nitrogens is 2. The topological polar surface area (TPSA) is 74.2 Å². The third kappa shape index (κ3) is 2.31. The smallest absolute Gasteiger partial charge is 0.292 e. The third-order valence-corrected chi connectivity index (χ3v) is 4.50. The van der Waals surface area contributed by atoms with Crippen LogP contribution in [-0.4, -0.2) is 60.3 Å². The van der Waals surface area contributed by atoms with E-state index in [2.05, 4.69) is 12.4 Å². The van der Waals surface area contributed by atoms with Gasteiger partial charge in [-0.25, -0.2) is 4.68 Å². The summed E-state index contributed by atoms with van der Waals surface area (Å²) < 4.78 is 10.1. The second-order valence-electron chi connectivity index (χ2n) is 6.00. The zero-order valence-corrected chi connectivity index (χ0v) is 12.1. The predicted octanol–water partition coefficient (Wildman–Crippen LogP) is -0.476. The van der Waals surface area contributed by atoms with Gasteiger partial charge < -0.3 is 20.3 Å². The van der Waals surface area contributed by atoms with Gasteiger partial charge in [0.1, 0.15) is 18.8 Å². The fourth-order valence-electron chi connectivity index (χ4n) is 3.07. The highest BCUT2D eigenvalue weighted by atomic mass is 16.5. The highest BCUT2D eigenvalue weighted by Gasteiger charge is 2.26. The van der Waals surface area contributed by atoms with Crippen LogP contribution in [-0.2, 0) is 17.8 Å². The Hall–Kier alpha value is -1.47. The second kappa shape index (κ2) is 5.14. The molecule has 2 aliphatic rings. The average Bonchev–Trinajstić information content (AvgIpc) is 2.98. The van der Waals surface area contributed by atoms with Gasteiger partial charge in [-0.3, -0.25) is 9.48 Å². The molecule has 3 N–H and O–H groups in total. The number of rotatable bonds is 4. The number of likely N-dealkylation sites (N-methyl/N-ethyl adjacent to an activating group) is 1. The fourth-order valence-corrected chi connectivity index (χ4v) is 3.07. The molecule has 7 nitrogen and oxygen atoms in total. The molecule has 112 valence electrons. The number of nitrogen functional groups attached to an aromatic ring is 1. The van der Waals surface area contributed by atoms with Gasteiger partial charge in [-0.2, -0.15) is 0 Å². The zero-order valence-electron chi connectivity index (χ0n) is 12.1. The summed E-state index contributed by atoms with van der Waals surface area (Å²) in [6, 6.07) is 0.